The van der Waals surface area contributed by atoms with Gasteiger partial charge in [0.05, 0.1) is 5.56 Å². The molecule has 0 radical (unpaired) electrons. The normalized spacial score (nSPS) is 28.3. The van der Waals surface area contributed by atoms with E-state index in [2.05, 4.69) is 0 Å². The predicted octanol–water partition coefficient (Wildman–Crippen LogP) is 0.539. The highest BCUT2D eigenvalue weighted by atomic mass is 16.6. The molecule has 2 atom stereocenters. The summed E-state index contributed by atoms with van der Waals surface area (Å²) >= 11 is 0. The number of ketones is 2. The Morgan fingerprint density at radius 2 is 1.86 bits per heavy atom. The molecule has 70 valence electrons. The maximum Gasteiger partial charge on any atom is 0.199 e. The van der Waals surface area contributed by atoms with Crippen molar-refractivity contribution in [2.75, 3.05) is 0 Å². The van der Waals surface area contributed by atoms with Crippen molar-refractivity contribution < 1.29 is 19.4 Å². The second kappa shape index (κ2) is 2.22. The van der Waals surface area contributed by atoms with Gasteiger partial charge in [-0.25, -0.2) is 0 Å². The van der Waals surface area contributed by atoms with Crippen LogP contribution >= 0.6 is 0 Å². The van der Waals surface area contributed by atoms with Crippen LogP contribution in [0.5, 0.6) is 5.75 Å². The van der Waals surface area contributed by atoms with Crippen LogP contribution in [0.1, 0.15) is 20.7 Å². The van der Waals surface area contributed by atoms with Crippen LogP contribution in [-0.4, -0.2) is 28.9 Å². The van der Waals surface area contributed by atoms with Crippen molar-refractivity contribution in [3.05, 3.63) is 29.3 Å². The lowest BCUT2D eigenvalue weighted by Gasteiger charge is -2.10. The Balaban J connectivity index is 2.30. The Bertz CT molecular complexity index is 463. The Labute approximate surface area is 79.1 Å². The largest absolute Gasteiger partial charge is 0.507 e. The maximum atomic E-state index is 11.6. The van der Waals surface area contributed by atoms with Gasteiger partial charge in [-0.3, -0.25) is 9.59 Å². The van der Waals surface area contributed by atoms with Crippen LogP contribution in [0.25, 0.3) is 0 Å². The van der Waals surface area contributed by atoms with Gasteiger partial charge in [0.1, 0.15) is 5.75 Å². The van der Waals surface area contributed by atoms with Crippen LogP contribution < -0.4 is 0 Å². The molecule has 0 amide bonds. The summed E-state index contributed by atoms with van der Waals surface area (Å²) in [7, 11) is 0. The molecular formula is C10H6O4. The fourth-order valence-corrected chi connectivity index (χ4v) is 1.81. The zero-order chi connectivity index (χ0) is 9.87. The minimum atomic E-state index is -0.650. The van der Waals surface area contributed by atoms with Crippen molar-refractivity contribution in [3.63, 3.8) is 0 Å². The van der Waals surface area contributed by atoms with Crippen LogP contribution in [0.2, 0.25) is 0 Å². The summed E-state index contributed by atoms with van der Waals surface area (Å²) in [4.78, 5) is 23.2. The standard InChI is InChI=1S/C10H6O4/c11-5-3-1-2-4-6(5)8(13)10-9(14-10)7(4)12/h1-3,9-11H. The van der Waals surface area contributed by atoms with Crippen molar-refractivity contribution in [1.82, 2.24) is 0 Å². The third-order valence-corrected chi connectivity index (χ3v) is 2.56. The molecule has 4 nitrogen and oxygen atoms in total. The number of fused-ring (bicyclic) bond motifs is 2. The number of ether oxygens (including phenoxy) is 1. The first-order valence-corrected chi connectivity index (χ1v) is 4.26. The van der Waals surface area contributed by atoms with E-state index in [1.165, 1.54) is 12.1 Å². The van der Waals surface area contributed by atoms with Crippen LogP contribution in [-0.2, 0) is 4.74 Å². The summed E-state index contributed by atoms with van der Waals surface area (Å²) in [5, 5.41) is 9.45. The molecule has 0 spiro atoms. The second-order valence-electron chi connectivity index (χ2n) is 3.41. The van der Waals surface area contributed by atoms with Crippen LogP contribution in [0, 0.1) is 0 Å². The van der Waals surface area contributed by atoms with Gasteiger partial charge in [0.25, 0.3) is 0 Å². The molecule has 2 aliphatic rings. The van der Waals surface area contributed by atoms with Gasteiger partial charge >= 0.3 is 0 Å². The maximum absolute atomic E-state index is 11.6. The summed E-state index contributed by atoms with van der Waals surface area (Å²) in [6, 6.07) is 4.47. The highest BCUT2D eigenvalue weighted by molar-refractivity contribution is 6.21. The quantitative estimate of drug-likeness (QED) is 0.606. The van der Waals surface area contributed by atoms with E-state index in [4.69, 9.17) is 4.74 Å². The smallest absolute Gasteiger partial charge is 0.199 e. The topological polar surface area (TPSA) is 66.9 Å². The number of carbonyl (C=O) groups is 2. The molecule has 0 bridgehead atoms. The van der Waals surface area contributed by atoms with E-state index < -0.39 is 12.2 Å². The van der Waals surface area contributed by atoms with Crippen molar-refractivity contribution in [1.29, 1.82) is 0 Å². The second-order valence-corrected chi connectivity index (χ2v) is 3.41. The van der Waals surface area contributed by atoms with E-state index in [0.29, 0.717) is 0 Å². The summed E-state index contributed by atoms with van der Waals surface area (Å²) in [5.41, 5.74) is 0.380. The van der Waals surface area contributed by atoms with Gasteiger partial charge in [0.15, 0.2) is 23.8 Å². The molecule has 1 saturated heterocycles. The Morgan fingerprint density at radius 3 is 2.64 bits per heavy atom. The molecule has 1 aliphatic heterocycles. The molecule has 1 N–H and O–H groups in total. The molecule has 0 saturated carbocycles. The number of carbonyl (C=O) groups excluding carboxylic acids is 2. The number of benzene rings is 1. The first-order valence-electron chi connectivity index (χ1n) is 4.26. The number of Topliss-reactive ketones (excluding diaryl/α,β-unsaturated/α-hetero) is 2. The van der Waals surface area contributed by atoms with Gasteiger partial charge in [-0.05, 0) is 6.07 Å². The first-order chi connectivity index (χ1) is 6.70. The minimum absolute atomic E-state index is 0.108. The lowest BCUT2D eigenvalue weighted by molar-refractivity contribution is 0.0919. The Morgan fingerprint density at radius 1 is 1.14 bits per heavy atom. The number of phenols is 1. The molecule has 1 aromatic carbocycles. The van der Waals surface area contributed by atoms with E-state index in [1.54, 1.807) is 6.07 Å². The molecule has 0 aromatic heterocycles. The number of rotatable bonds is 0. The first kappa shape index (κ1) is 7.70. The lowest BCUT2D eigenvalue weighted by Crippen LogP contribution is -2.25. The van der Waals surface area contributed by atoms with E-state index >= 15 is 0 Å². The molecule has 4 heteroatoms. The fourth-order valence-electron chi connectivity index (χ4n) is 1.81. The van der Waals surface area contributed by atoms with Gasteiger partial charge in [-0.1, -0.05) is 12.1 Å². The summed E-state index contributed by atoms with van der Waals surface area (Å²) < 4.78 is 4.93. The molecule has 14 heavy (non-hydrogen) atoms. The molecule has 1 fully saturated rings. The SMILES string of the molecule is O=C1c2cccc(O)c2C(=O)C2OC12. The van der Waals surface area contributed by atoms with Crippen LogP contribution in [0.4, 0.5) is 0 Å². The van der Waals surface area contributed by atoms with E-state index in [0.717, 1.165) is 0 Å². The van der Waals surface area contributed by atoms with Crippen LogP contribution in [0.15, 0.2) is 18.2 Å². The number of hydrogen-bond acceptors (Lipinski definition) is 4. The average molecular weight is 190 g/mol. The van der Waals surface area contributed by atoms with Crippen molar-refractivity contribution in [2.45, 2.75) is 12.2 Å². The molecule has 2 unspecified atom stereocenters. The average Bonchev–Trinajstić information content (AvgIpc) is 2.93. The van der Waals surface area contributed by atoms with Crippen molar-refractivity contribution >= 4 is 11.6 Å². The molecule has 3 rings (SSSR count). The monoisotopic (exact) mass is 190 g/mol. The van der Waals surface area contributed by atoms with E-state index in [1.807, 2.05) is 0 Å². The minimum Gasteiger partial charge on any atom is -0.507 e. The Hall–Kier alpha value is -1.68. The zero-order valence-corrected chi connectivity index (χ0v) is 7.06. The molecule has 1 aliphatic carbocycles. The molecule has 1 aromatic rings. The number of aromatic hydroxyl groups is 1. The van der Waals surface area contributed by atoms with E-state index in [-0.39, 0.29) is 28.4 Å². The fraction of sp³-hybridized carbons (Fsp3) is 0.200. The summed E-state index contributed by atoms with van der Waals surface area (Å²) in [6.07, 6.45) is -1.25. The van der Waals surface area contributed by atoms with Crippen molar-refractivity contribution in [2.24, 2.45) is 0 Å². The van der Waals surface area contributed by atoms with E-state index in [9.17, 15) is 14.7 Å². The molecule has 1 heterocycles. The zero-order valence-electron chi connectivity index (χ0n) is 7.06. The van der Waals surface area contributed by atoms with Crippen LogP contribution in [0.3, 0.4) is 0 Å². The predicted molar refractivity (Wildman–Crippen MR) is 45.4 cm³/mol. The lowest BCUT2D eigenvalue weighted by atomic mass is 9.89. The van der Waals surface area contributed by atoms with Gasteiger partial charge in [-0.2, -0.15) is 0 Å². The summed E-state index contributed by atoms with van der Waals surface area (Å²) in [6.45, 7) is 0. The molecular weight excluding hydrogens is 184 g/mol. The van der Waals surface area contributed by atoms with Gasteiger partial charge in [-0.15, -0.1) is 0 Å². The third-order valence-electron chi connectivity index (χ3n) is 2.56. The highest BCUT2D eigenvalue weighted by Gasteiger charge is 2.55. The van der Waals surface area contributed by atoms with Crippen molar-refractivity contribution in [3.8, 4) is 5.75 Å². The number of epoxide rings is 1. The number of phenolic OH excluding ortho intramolecular Hbond substituents is 1. The highest BCUT2D eigenvalue weighted by Crippen LogP contribution is 2.38. The van der Waals surface area contributed by atoms with Gasteiger partial charge in [0.2, 0.25) is 0 Å². The van der Waals surface area contributed by atoms with Gasteiger partial charge < -0.3 is 9.84 Å². The Kier molecular flexibility index (Phi) is 1.22. The summed E-state index contributed by atoms with van der Waals surface area (Å²) in [5.74, 6) is -0.641. The number of hydrogen-bond donors (Lipinski definition) is 1. The van der Waals surface area contributed by atoms with Gasteiger partial charge in [0, 0.05) is 5.56 Å². The third kappa shape index (κ3) is 0.761.